The molecule has 1 aromatic carbocycles. The number of benzene rings is 1. The van der Waals surface area contributed by atoms with Crippen LogP contribution in [0.3, 0.4) is 0 Å². The van der Waals surface area contributed by atoms with Crippen LogP contribution in [-0.2, 0) is 9.59 Å². The molecule has 2 saturated heterocycles. The van der Waals surface area contributed by atoms with Gasteiger partial charge in [0.1, 0.15) is 17.0 Å². The number of aliphatic hydroxyl groups excluding tert-OH is 1. The van der Waals surface area contributed by atoms with Crippen molar-refractivity contribution in [2.75, 3.05) is 0 Å². The van der Waals surface area contributed by atoms with E-state index in [1.54, 1.807) is 26.0 Å². The van der Waals surface area contributed by atoms with Crippen molar-refractivity contribution in [1.29, 1.82) is 0 Å². The summed E-state index contributed by atoms with van der Waals surface area (Å²) in [5.41, 5.74) is 0.942. The zero-order valence-corrected chi connectivity index (χ0v) is 13.8. The Labute approximate surface area is 139 Å². The highest BCUT2D eigenvalue weighted by Gasteiger charge is 2.69. The zero-order valence-electron chi connectivity index (χ0n) is 13.0. The van der Waals surface area contributed by atoms with E-state index in [0.717, 1.165) is 5.56 Å². The predicted molar refractivity (Wildman–Crippen MR) is 88.8 cm³/mol. The molecular formula is C17H19NO4S. The van der Waals surface area contributed by atoms with Gasteiger partial charge in [-0.1, -0.05) is 42.5 Å². The molecule has 0 bridgehead atoms. The Bertz CT molecular complexity index is 672. The minimum atomic E-state index is -1.03. The summed E-state index contributed by atoms with van der Waals surface area (Å²) < 4.78 is -0.653. The monoisotopic (exact) mass is 333 g/mol. The molecular weight excluding hydrogens is 314 g/mol. The molecule has 3 atom stereocenters. The van der Waals surface area contributed by atoms with Gasteiger partial charge in [-0.25, -0.2) is 4.79 Å². The molecule has 2 aliphatic heterocycles. The number of rotatable bonds is 4. The van der Waals surface area contributed by atoms with E-state index in [9.17, 15) is 19.8 Å². The van der Waals surface area contributed by atoms with E-state index < -0.39 is 27.7 Å². The van der Waals surface area contributed by atoms with Crippen LogP contribution >= 0.6 is 11.8 Å². The number of hydrogen-bond donors (Lipinski definition) is 2. The van der Waals surface area contributed by atoms with Crippen molar-refractivity contribution in [3.05, 3.63) is 42.0 Å². The van der Waals surface area contributed by atoms with Crippen molar-refractivity contribution in [2.24, 2.45) is 0 Å². The highest BCUT2D eigenvalue weighted by atomic mass is 32.2. The second kappa shape index (κ2) is 5.39. The predicted octanol–water partition coefficient (Wildman–Crippen LogP) is 1.97. The maximum absolute atomic E-state index is 12.0. The van der Waals surface area contributed by atoms with Gasteiger partial charge in [-0.2, -0.15) is 0 Å². The molecule has 2 heterocycles. The zero-order chi connectivity index (χ0) is 16.8. The van der Waals surface area contributed by atoms with Crippen LogP contribution in [-0.4, -0.2) is 48.8 Å². The molecule has 2 N–H and O–H groups in total. The summed E-state index contributed by atoms with van der Waals surface area (Å²) in [6.07, 6.45) is 2.67. The topological polar surface area (TPSA) is 77.8 Å². The summed E-state index contributed by atoms with van der Waals surface area (Å²) in [5, 5.41) is 20.1. The first-order valence-electron chi connectivity index (χ1n) is 7.44. The summed E-state index contributed by atoms with van der Waals surface area (Å²) in [6.45, 7) is 3.61. The minimum absolute atomic E-state index is 0.158. The van der Waals surface area contributed by atoms with Crippen molar-refractivity contribution in [2.45, 2.75) is 42.0 Å². The van der Waals surface area contributed by atoms with Gasteiger partial charge < -0.3 is 15.1 Å². The molecule has 0 aromatic heterocycles. The number of aliphatic carboxylic acids is 1. The van der Waals surface area contributed by atoms with Gasteiger partial charge >= 0.3 is 5.97 Å². The maximum atomic E-state index is 12.0. The van der Waals surface area contributed by atoms with Crippen molar-refractivity contribution >= 4 is 29.7 Å². The molecule has 0 spiro atoms. The Kier molecular flexibility index (Phi) is 3.77. The van der Waals surface area contributed by atoms with E-state index in [2.05, 4.69) is 0 Å². The Balaban J connectivity index is 1.88. The van der Waals surface area contributed by atoms with Gasteiger partial charge in [-0.05, 0) is 19.4 Å². The van der Waals surface area contributed by atoms with Crippen LogP contribution in [0.2, 0.25) is 0 Å². The maximum Gasteiger partial charge on any atom is 0.327 e. The second-order valence-electron chi connectivity index (χ2n) is 6.45. The molecule has 2 unspecified atom stereocenters. The lowest BCUT2D eigenvalue weighted by Crippen LogP contribution is -2.67. The van der Waals surface area contributed by atoms with Crippen LogP contribution in [0.4, 0.5) is 0 Å². The van der Waals surface area contributed by atoms with E-state index in [4.69, 9.17) is 0 Å². The van der Waals surface area contributed by atoms with Crippen molar-refractivity contribution in [3.63, 3.8) is 0 Å². The molecule has 2 aliphatic rings. The third-order valence-corrected chi connectivity index (χ3v) is 6.09. The van der Waals surface area contributed by atoms with Gasteiger partial charge in [0, 0.05) is 4.75 Å². The third kappa shape index (κ3) is 2.46. The molecule has 3 rings (SSSR count). The van der Waals surface area contributed by atoms with Crippen molar-refractivity contribution in [3.8, 4) is 0 Å². The fraction of sp³-hybridized carbons (Fsp3) is 0.412. The van der Waals surface area contributed by atoms with Crippen LogP contribution in [0.15, 0.2) is 36.4 Å². The number of carboxylic acid groups (broad SMARTS) is 1. The standard InChI is InChI=1S/C17H19NO4S/c1-16(2)14(15(21)22)18-13(20)10-17(18,23-16)12(19)9-8-11-6-4-3-5-7-11/h3-9,12,14,19H,10H2,1-2H3,(H,21,22)/t12?,14-,17?/m0/s1. The average Bonchev–Trinajstić information content (AvgIpc) is 2.69. The van der Waals surface area contributed by atoms with Crippen LogP contribution in [0.5, 0.6) is 0 Å². The molecule has 23 heavy (non-hydrogen) atoms. The van der Waals surface area contributed by atoms with E-state index in [1.165, 1.54) is 16.7 Å². The number of aliphatic hydroxyl groups is 1. The molecule has 2 fully saturated rings. The third-order valence-electron chi connectivity index (χ3n) is 4.40. The van der Waals surface area contributed by atoms with E-state index in [-0.39, 0.29) is 12.3 Å². The van der Waals surface area contributed by atoms with Gasteiger partial charge in [-0.3, -0.25) is 4.79 Å². The SMILES string of the molecule is CC1(C)SC2(C(O)C=Cc3ccccc3)CC(=O)N2[C@H]1C(=O)O. The Morgan fingerprint density at radius 3 is 2.61 bits per heavy atom. The Morgan fingerprint density at radius 1 is 1.39 bits per heavy atom. The molecule has 1 aromatic rings. The Hall–Kier alpha value is -1.79. The first-order chi connectivity index (χ1) is 10.8. The van der Waals surface area contributed by atoms with Gasteiger partial charge in [0.25, 0.3) is 0 Å². The number of amides is 1. The number of carbonyl (C=O) groups excluding carboxylic acids is 1. The number of fused-ring (bicyclic) bond motifs is 1. The molecule has 0 aliphatic carbocycles. The quantitative estimate of drug-likeness (QED) is 0.824. The molecule has 0 radical (unpaired) electrons. The van der Waals surface area contributed by atoms with Gasteiger partial charge in [0.15, 0.2) is 0 Å². The summed E-state index contributed by atoms with van der Waals surface area (Å²) in [5.74, 6) is -1.25. The van der Waals surface area contributed by atoms with E-state index in [1.807, 2.05) is 30.3 Å². The van der Waals surface area contributed by atoms with E-state index in [0.29, 0.717) is 0 Å². The molecule has 0 saturated carbocycles. The molecule has 6 heteroatoms. The highest BCUT2D eigenvalue weighted by molar-refractivity contribution is 8.02. The van der Waals surface area contributed by atoms with Gasteiger partial charge in [-0.15, -0.1) is 11.8 Å². The summed E-state index contributed by atoms with van der Waals surface area (Å²) >= 11 is 1.37. The number of β-lactam (4-membered cyclic amide) rings is 1. The minimum Gasteiger partial charge on any atom is -0.480 e. The average molecular weight is 333 g/mol. The van der Waals surface area contributed by atoms with E-state index >= 15 is 0 Å². The second-order valence-corrected chi connectivity index (χ2v) is 8.41. The van der Waals surface area contributed by atoms with Crippen molar-refractivity contribution < 1.29 is 19.8 Å². The highest BCUT2D eigenvalue weighted by Crippen LogP contribution is 2.60. The number of nitrogens with zero attached hydrogens (tertiary/aromatic N) is 1. The molecule has 5 nitrogen and oxygen atoms in total. The first-order valence-corrected chi connectivity index (χ1v) is 8.26. The van der Waals surface area contributed by atoms with Crippen LogP contribution in [0, 0.1) is 0 Å². The fourth-order valence-corrected chi connectivity index (χ4v) is 5.34. The number of hydrogen-bond acceptors (Lipinski definition) is 4. The number of thioether (sulfide) groups is 1. The lowest BCUT2D eigenvalue weighted by atomic mass is 9.89. The lowest BCUT2D eigenvalue weighted by molar-refractivity contribution is -0.167. The smallest absolute Gasteiger partial charge is 0.327 e. The van der Waals surface area contributed by atoms with Gasteiger partial charge in [0.05, 0.1) is 6.42 Å². The van der Waals surface area contributed by atoms with Gasteiger partial charge in [0.2, 0.25) is 5.91 Å². The normalized spacial score (nSPS) is 30.1. The Morgan fingerprint density at radius 2 is 2.04 bits per heavy atom. The largest absolute Gasteiger partial charge is 0.480 e. The van der Waals surface area contributed by atoms with Crippen LogP contribution < -0.4 is 0 Å². The first kappa shape index (κ1) is 16.1. The fourth-order valence-electron chi connectivity index (χ4n) is 3.41. The summed E-state index contributed by atoms with van der Waals surface area (Å²) in [4.78, 5) is 24.1. The summed E-state index contributed by atoms with van der Waals surface area (Å²) in [7, 11) is 0. The lowest BCUT2D eigenvalue weighted by Gasteiger charge is -2.49. The summed E-state index contributed by atoms with van der Waals surface area (Å²) in [6, 6.07) is 8.61. The van der Waals surface area contributed by atoms with Crippen LogP contribution in [0.1, 0.15) is 25.8 Å². The number of carbonyl (C=O) groups is 2. The number of carboxylic acids is 1. The van der Waals surface area contributed by atoms with Crippen LogP contribution in [0.25, 0.3) is 6.08 Å². The van der Waals surface area contributed by atoms with Crippen molar-refractivity contribution in [1.82, 2.24) is 4.90 Å². The molecule has 122 valence electrons. The molecule has 1 amide bonds.